The van der Waals surface area contributed by atoms with Crippen LogP contribution < -0.4 is 0 Å². The monoisotopic (exact) mass is 177 g/mol. The van der Waals surface area contributed by atoms with Gasteiger partial charge in [-0.25, -0.2) is 8.42 Å². The summed E-state index contributed by atoms with van der Waals surface area (Å²) in [4.78, 5) is 0. The summed E-state index contributed by atoms with van der Waals surface area (Å²) in [7, 11) is -5.43. The average Bonchev–Trinajstić information content (AvgIpc) is 1.60. The zero-order chi connectivity index (χ0) is 8.36. The maximum atomic E-state index is 11.3. The van der Waals surface area contributed by atoms with Crippen molar-refractivity contribution in [1.29, 1.82) is 0 Å². The Bertz CT molecular complexity index is 237. The molecule has 0 aromatic heterocycles. The molecule has 10 heavy (non-hydrogen) atoms. The third kappa shape index (κ3) is 4.15. The molecule has 0 aromatic rings. The first kappa shape index (κ1) is 9.24. The van der Waals surface area contributed by atoms with E-state index in [1.807, 2.05) is 0 Å². The van der Waals surface area contributed by atoms with Crippen molar-refractivity contribution in [3.63, 3.8) is 0 Å². The molecule has 60 valence electrons. The average molecular weight is 177 g/mol. The smallest absolute Gasteiger partial charge is 0.354 e. The van der Waals surface area contributed by atoms with Crippen LogP contribution in [0.1, 0.15) is 0 Å². The quantitative estimate of drug-likeness (QED) is 0.350. The Labute approximate surface area is 53.9 Å². The van der Waals surface area contributed by atoms with Gasteiger partial charge in [0.15, 0.2) is 0 Å². The van der Waals surface area contributed by atoms with Crippen LogP contribution in [0, 0.1) is 0 Å². The highest BCUT2D eigenvalue weighted by Gasteiger charge is 2.08. The standard InChI is InChI=1S/C2HF3O4S/c3-1(4)2(5)9-10(6,7)8/h(H,6,7,8)/p-1. The van der Waals surface area contributed by atoms with Gasteiger partial charge in [-0.05, 0) is 0 Å². The molecule has 0 bridgehead atoms. The molecule has 0 fully saturated rings. The van der Waals surface area contributed by atoms with E-state index in [-0.39, 0.29) is 0 Å². The summed E-state index contributed by atoms with van der Waals surface area (Å²) in [5.74, 6) is 0. The minimum atomic E-state index is -5.43. The number of rotatable bonds is 2. The molecule has 0 aliphatic carbocycles. The highest BCUT2D eigenvalue weighted by molar-refractivity contribution is 7.80. The maximum Gasteiger partial charge on any atom is 0.354 e. The van der Waals surface area contributed by atoms with E-state index in [2.05, 4.69) is 4.18 Å². The summed E-state index contributed by atoms with van der Waals surface area (Å²) in [5, 5.41) is 0. The third-order valence-electron chi connectivity index (χ3n) is 0.324. The van der Waals surface area contributed by atoms with E-state index in [0.717, 1.165) is 0 Å². The molecule has 0 aliphatic rings. The van der Waals surface area contributed by atoms with Gasteiger partial charge in [0.25, 0.3) is 10.4 Å². The van der Waals surface area contributed by atoms with Crippen LogP contribution in [0.15, 0.2) is 12.1 Å². The van der Waals surface area contributed by atoms with Crippen LogP contribution in [0.3, 0.4) is 0 Å². The summed E-state index contributed by atoms with van der Waals surface area (Å²) >= 11 is 0. The highest BCUT2D eigenvalue weighted by Crippen LogP contribution is 2.11. The molecule has 0 rings (SSSR count). The fourth-order valence-corrected chi connectivity index (χ4v) is 0.363. The summed E-state index contributed by atoms with van der Waals surface area (Å²) < 4.78 is 63.9. The minimum absolute atomic E-state index is 2.58. The van der Waals surface area contributed by atoms with Crippen molar-refractivity contribution in [2.45, 2.75) is 0 Å². The second-order valence-electron chi connectivity index (χ2n) is 1.03. The minimum Gasteiger partial charge on any atom is -0.716 e. The zero-order valence-electron chi connectivity index (χ0n) is 4.18. The van der Waals surface area contributed by atoms with Gasteiger partial charge in [0.1, 0.15) is 0 Å². The zero-order valence-corrected chi connectivity index (χ0v) is 4.99. The predicted octanol–water partition coefficient (Wildman–Crippen LogP) is 0.498. The summed E-state index contributed by atoms with van der Waals surface area (Å²) in [6.45, 7) is 0. The molecule has 0 radical (unpaired) electrons. The van der Waals surface area contributed by atoms with Crippen LogP contribution in [-0.4, -0.2) is 13.0 Å². The van der Waals surface area contributed by atoms with Crippen LogP contribution in [0.25, 0.3) is 0 Å². The van der Waals surface area contributed by atoms with E-state index < -0.39 is 22.5 Å². The Hall–Kier alpha value is -0.760. The first-order valence-corrected chi connectivity index (χ1v) is 3.02. The Kier molecular flexibility index (Phi) is 2.66. The van der Waals surface area contributed by atoms with Crippen molar-refractivity contribution in [2.24, 2.45) is 0 Å². The SMILES string of the molecule is O=S(=O)([O-])OC(F)=C(F)F. The lowest BCUT2D eigenvalue weighted by Gasteiger charge is -2.03. The van der Waals surface area contributed by atoms with Crippen molar-refractivity contribution < 1.29 is 30.3 Å². The van der Waals surface area contributed by atoms with E-state index in [1.54, 1.807) is 0 Å². The molecular formula is C2F3O4S-. The first-order valence-electron chi connectivity index (χ1n) is 1.69. The number of hydrogen-bond donors (Lipinski definition) is 0. The largest absolute Gasteiger partial charge is 0.716 e. The number of hydrogen-bond acceptors (Lipinski definition) is 4. The maximum absolute atomic E-state index is 11.3. The van der Waals surface area contributed by atoms with Crippen LogP contribution in [-0.2, 0) is 14.6 Å². The van der Waals surface area contributed by atoms with Gasteiger partial charge in [-0.15, -0.1) is 0 Å². The van der Waals surface area contributed by atoms with Crippen molar-refractivity contribution in [2.75, 3.05) is 0 Å². The molecule has 0 aromatic carbocycles. The van der Waals surface area contributed by atoms with E-state index >= 15 is 0 Å². The van der Waals surface area contributed by atoms with Crippen LogP contribution in [0.4, 0.5) is 13.2 Å². The summed E-state index contributed by atoms with van der Waals surface area (Å²) in [6.07, 6.45) is -3.00. The van der Waals surface area contributed by atoms with Crippen molar-refractivity contribution in [3.05, 3.63) is 12.1 Å². The van der Waals surface area contributed by atoms with Crippen molar-refractivity contribution in [1.82, 2.24) is 0 Å². The predicted molar refractivity (Wildman–Crippen MR) is 21.1 cm³/mol. The molecule has 0 saturated heterocycles. The van der Waals surface area contributed by atoms with Crippen LogP contribution >= 0.6 is 0 Å². The van der Waals surface area contributed by atoms with Gasteiger partial charge >= 0.3 is 12.1 Å². The lowest BCUT2D eigenvalue weighted by molar-refractivity contribution is 0.218. The second kappa shape index (κ2) is 2.88. The van der Waals surface area contributed by atoms with Gasteiger partial charge in [-0.3, -0.25) is 0 Å². The lowest BCUT2D eigenvalue weighted by Crippen LogP contribution is -2.01. The molecule has 0 amide bonds. The van der Waals surface area contributed by atoms with Gasteiger partial charge in [0.05, 0.1) is 0 Å². The molecule has 0 heterocycles. The van der Waals surface area contributed by atoms with Crippen LogP contribution in [0.2, 0.25) is 0 Å². The fraction of sp³-hybridized carbons (Fsp3) is 0. The molecule has 4 nitrogen and oxygen atoms in total. The highest BCUT2D eigenvalue weighted by atomic mass is 32.3. The molecule has 8 heteroatoms. The van der Waals surface area contributed by atoms with E-state index in [9.17, 15) is 26.1 Å². The normalized spacial score (nSPS) is 10.8. The molecule has 0 unspecified atom stereocenters. The topological polar surface area (TPSA) is 66.4 Å². The first-order chi connectivity index (χ1) is 4.33. The van der Waals surface area contributed by atoms with Crippen LogP contribution in [0.5, 0.6) is 0 Å². The Morgan fingerprint density at radius 1 is 1.30 bits per heavy atom. The van der Waals surface area contributed by atoms with Crippen molar-refractivity contribution in [3.8, 4) is 0 Å². The summed E-state index contributed by atoms with van der Waals surface area (Å²) in [5.41, 5.74) is 0. The van der Waals surface area contributed by atoms with Gasteiger partial charge in [-0.1, -0.05) is 0 Å². The molecule has 0 saturated carbocycles. The second-order valence-corrected chi connectivity index (χ2v) is 2.01. The molecule has 0 N–H and O–H groups in total. The van der Waals surface area contributed by atoms with Gasteiger partial charge in [0, 0.05) is 0 Å². The van der Waals surface area contributed by atoms with Gasteiger partial charge in [-0.2, -0.15) is 13.2 Å². The Balaban J connectivity index is 4.35. The Morgan fingerprint density at radius 3 is 1.80 bits per heavy atom. The lowest BCUT2D eigenvalue weighted by atomic mass is 11.0. The van der Waals surface area contributed by atoms with E-state index in [0.29, 0.717) is 0 Å². The van der Waals surface area contributed by atoms with E-state index in [4.69, 9.17) is 0 Å². The molecule has 0 aliphatic heterocycles. The molecule has 0 atom stereocenters. The number of halogens is 3. The van der Waals surface area contributed by atoms with Crippen molar-refractivity contribution >= 4 is 10.4 Å². The van der Waals surface area contributed by atoms with Gasteiger partial charge in [0.2, 0.25) is 0 Å². The Morgan fingerprint density at radius 2 is 1.70 bits per heavy atom. The van der Waals surface area contributed by atoms with Gasteiger partial charge < -0.3 is 8.74 Å². The fourth-order valence-electron chi connectivity index (χ4n) is 0.121. The third-order valence-corrected chi connectivity index (χ3v) is 0.674. The summed E-state index contributed by atoms with van der Waals surface area (Å²) in [6, 6.07) is -2.70. The molecule has 0 spiro atoms. The molecular weight excluding hydrogens is 177 g/mol. The van der Waals surface area contributed by atoms with E-state index in [1.165, 1.54) is 0 Å².